The fraction of sp³-hybridized carbons (Fsp3) is 0.0769. The van der Waals surface area contributed by atoms with Crippen molar-refractivity contribution in [2.24, 2.45) is 10.2 Å². The minimum atomic E-state index is 0.691. The Labute approximate surface area is 105 Å². The molecule has 2 aromatic rings. The highest BCUT2D eigenvalue weighted by molar-refractivity contribution is 6.30. The minimum absolute atomic E-state index is 0.691. The van der Waals surface area contributed by atoms with E-state index in [4.69, 9.17) is 16.3 Å². The number of halogens is 1. The minimum Gasteiger partial charge on any atom is -0.457 e. The zero-order valence-electron chi connectivity index (χ0n) is 9.30. The highest BCUT2D eigenvalue weighted by Crippen LogP contribution is 2.25. The van der Waals surface area contributed by atoms with Crippen LogP contribution in [0.3, 0.4) is 0 Å². The van der Waals surface area contributed by atoms with E-state index < -0.39 is 0 Å². The second-order valence-corrected chi connectivity index (χ2v) is 3.79. The molecule has 0 aromatic heterocycles. The number of hydrogen-bond acceptors (Lipinski definition) is 3. The third kappa shape index (κ3) is 3.29. The van der Waals surface area contributed by atoms with Gasteiger partial charge in [-0.3, -0.25) is 0 Å². The van der Waals surface area contributed by atoms with Crippen molar-refractivity contribution in [1.29, 1.82) is 0 Å². The summed E-state index contributed by atoms with van der Waals surface area (Å²) in [4.78, 5) is 0. The number of rotatable bonds is 3. The molecule has 0 atom stereocenters. The van der Waals surface area contributed by atoms with Gasteiger partial charge in [-0.2, -0.15) is 10.2 Å². The first kappa shape index (κ1) is 11.6. The van der Waals surface area contributed by atoms with E-state index in [0.29, 0.717) is 5.02 Å². The van der Waals surface area contributed by atoms with Gasteiger partial charge in [0.2, 0.25) is 0 Å². The maximum absolute atomic E-state index is 5.79. The first-order chi connectivity index (χ1) is 8.28. The lowest BCUT2D eigenvalue weighted by atomic mass is 10.3. The van der Waals surface area contributed by atoms with Crippen molar-refractivity contribution in [3.05, 3.63) is 53.6 Å². The van der Waals surface area contributed by atoms with Gasteiger partial charge in [0, 0.05) is 12.1 Å². The summed E-state index contributed by atoms with van der Waals surface area (Å²) >= 11 is 5.79. The Morgan fingerprint density at radius 2 is 1.41 bits per heavy atom. The van der Waals surface area contributed by atoms with Gasteiger partial charge >= 0.3 is 0 Å². The smallest absolute Gasteiger partial charge is 0.127 e. The van der Waals surface area contributed by atoms with Gasteiger partial charge in [0.05, 0.1) is 5.69 Å². The Morgan fingerprint density at radius 1 is 0.882 bits per heavy atom. The van der Waals surface area contributed by atoms with Crippen molar-refractivity contribution in [2.75, 3.05) is 7.05 Å². The van der Waals surface area contributed by atoms with Crippen molar-refractivity contribution in [3.63, 3.8) is 0 Å². The maximum atomic E-state index is 5.79. The largest absolute Gasteiger partial charge is 0.457 e. The molecule has 3 nitrogen and oxygen atoms in total. The van der Waals surface area contributed by atoms with E-state index in [1.165, 1.54) is 0 Å². The molecule has 0 N–H and O–H groups in total. The summed E-state index contributed by atoms with van der Waals surface area (Å²) in [5.41, 5.74) is 0.802. The Bertz CT molecular complexity index is 506. The normalized spacial score (nSPS) is 10.7. The molecule has 0 saturated carbocycles. The molecule has 0 radical (unpaired) electrons. The molecule has 0 amide bonds. The summed E-state index contributed by atoms with van der Waals surface area (Å²) in [6, 6.07) is 14.6. The van der Waals surface area contributed by atoms with E-state index in [1.54, 1.807) is 19.2 Å². The van der Waals surface area contributed by atoms with Crippen LogP contribution in [0, 0.1) is 0 Å². The van der Waals surface area contributed by atoms with E-state index in [9.17, 15) is 0 Å². The molecule has 17 heavy (non-hydrogen) atoms. The lowest BCUT2D eigenvalue weighted by Gasteiger charge is -2.05. The van der Waals surface area contributed by atoms with Gasteiger partial charge in [0.25, 0.3) is 0 Å². The Morgan fingerprint density at radius 3 is 1.94 bits per heavy atom. The first-order valence-electron chi connectivity index (χ1n) is 5.11. The molecule has 0 unspecified atom stereocenters. The second-order valence-electron chi connectivity index (χ2n) is 3.35. The highest BCUT2D eigenvalue weighted by atomic mass is 35.5. The van der Waals surface area contributed by atoms with Crippen LogP contribution in [-0.2, 0) is 0 Å². The molecule has 2 rings (SSSR count). The van der Waals surface area contributed by atoms with Crippen molar-refractivity contribution >= 4 is 17.3 Å². The average Bonchev–Trinajstić information content (AvgIpc) is 2.35. The molecule has 0 aliphatic heterocycles. The van der Waals surface area contributed by atoms with Crippen LogP contribution in [0.4, 0.5) is 5.69 Å². The van der Waals surface area contributed by atoms with Gasteiger partial charge in [0.1, 0.15) is 11.5 Å². The highest BCUT2D eigenvalue weighted by Gasteiger charge is 1.97. The summed E-state index contributed by atoms with van der Waals surface area (Å²) in [7, 11) is 1.64. The van der Waals surface area contributed by atoms with Crippen molar-refractivity contribution in [3.8, 4) is 11.5 Å². The summed E-state index contributed by atoms with van der Waals surface area (Å²) in [6.45, 7) is 0. The molecule has 0 heterocycles. The molecule has 0 saturated heterocycles. The van der Waals surface area contributed by atoms with E-state index in [1.807, 2.05) is 36.4 Å². The van der Waals surface area contributed by atoms with Crippen LogP contribution in [0.15, 0.2) is 58.8 Å². The summed E-state index contributed by atoms with van der Waals surface area (Å²) < 4.78 is 5.64. The van der Waals surface area contributed by atoms with Crippen LogP contribution in [-0.4, -0.2) is 7.05 Å². The van der Waals surface area contributed by atoms with Crippen molar-refractivity contribution in [1.82, 2.24) is 0 Å². The summed E-state index contributed by atoms with van der Waals surface area (Å²) in [6.07, 6.45) is 0. The molecule has 0 spiro atoms. The number of nitrogens with zero attached hydrogens (tertiary/aromatic N) is 2. The van der Waals surface area contributed by atoms with E-state index >= 15 is 0 Å². The quantitative estimate of drug-likeness (QED) is 0.713. The van der Waals surface area contributed by atoms with Gasteiger partial charge in [-0.1, -0.05) is 11.6 Å². The van der Waals surface area contributed by atoms with Gasteiger partial charge in [-0.15, -0.1) is 0 Å². The molecule has 0 bridgehead atoms. The van der Waals surface area contributed by atoms with Gasteiger partial charge in [0.15, 0.2) is 0 Å². The van der Waals surface area contributed by atoms with Crippen LogP contribution < -0.4 is 4.74 Å². The average molecular weight is 247 g/mol. The van der Waals surface area contributed by atoms with Crippen LogP contribution in [0.25, 0.3) is 0 Å². The molecule has 4 heteroatoms. The fourth-order valence-corrected chi connectivity index (χ4v) is 1.46. The maximum Gasteiger partial charge on any atom is 0.127 e. The topological polar surface area (TPSA) is 34.0 Å². The predicted octanol–water partition coefficient (Wildman–Crippen LogP) is 4.85. The monoisotopic (exact) mass is 246 g/mol. The predicted molar refractivity (Wildman–Crippen MR) is 68.4 cm³/mol. The summed E-state index contributed by atoms with van der Waals surface area (Å²) in [5, 5.41) is 8.31. The van der Waals surface area contributed by atoms with Gasteiger partial charge < -0.3 is 4.74 Å². The standard InChI is InChI=1S/C13H11ClN2O/c1-15-16-11-4-8-13(9-5-11)17-12-6-2-10(14)3-7-12/h2-9H,1H3. The number of ether oxygens (including phenoxy) is 1. The second kappa shape index (κ2) is 5.46. The Hall–Kier alpha value is -1.87. The van der Waals surface area contributed by atoms with E-state index in [-0.39, 0.29) is 0 Å². The number of azo groups is 1. The Kier molecular flexibility index (Phi) is 3.73. The van der Waals surface area contributed by atoms with E-state index in [0.717, 1.165) is 17.2 Å². The number of benzene rings is 2. The zero-order valence-corrected chi connectivity index (χ0v) is 10.1. The molecule has 0 fully saturated rings. The van der Waals surface area contributed by atoms with Gasteiger partial charge in [-0.05, 0) is 48.5 Å². The van der Waals surface area contributed by atoms with Crippen LogP contribution in [0.1, 0.15) is 0 Å². The molecule has 2 aromatic carbocycles. The van der Waals surface area contributed by atoms with Crippen LogP contribution in [0.2, 0.25) is 5.02 Å². The zero-order chi connectivity index (χ0) is 12.1. The lowest BCUT2D eigenvalue weighted by Crippen LogP contribution is -1.82. The van der Waals surface area contributed by atoms with Crippen molar-refractivity contribution in [2.45, 2.75) is 0 Å². The third-order valence-electron chi connectivity index (χ3n) is 2.10. The Balaban J connectivity index is 2.11. The number of hydrogen-bond donors (Lipinski definition) is 0. The van der Waals surface area contributed by atoms with E-state index in [2.05, 4.69) is 10.2 Å². The first-order valence-corrected chi connectivity index (χ1v) is 5.49. The molecular weight excluding hydrogens is 236 g/mol. The molecule has 86 valence electrons. The SMILES string of the molecule is CN=Nc1ccc(Oc2ccc(Cl)cc2)cc1. The molecule has 0 aliphatic rings. The third-order valence-corrected chi connectivity index (χ3v) is 2.35. The lowest BCUT2D eigenvalue weighted by molar-refractivity contribution is 0.483. The van der Waals surface area contributed by atoms with Crippen LogP contribution >= 0.6 is 11.6 Å². The van der Waals surface area contributed by atoms with Gasteiger partial charge in [-0.25, -0.2) is 0 Å². The van der Waals surface area contributed by atoms with Crippen molar-refractivity contribution < 1.29 is 4.74 Å². The molecule has 0 aliphatic carbocycles. The van der Waals surface area contributed by atoms with Crippen LogP contribution in [0.5, 0.6) is 11.5 Å². The fourth-order valence-electron chi connectivity index (χ4n) is 1.34. The molecular formula is C13H11ClN2O. The summed E-state index contributed by atoms with van der Waals surface area (Å²) in [5.74, 6) is 1.50.